The molecule has 0 aliphatic rings. The molecule has 0 radical (unpaired) electrons. The maximum atomic E-state index is 13.1. The van der Waals surface area contributed by atoms with Gasteiger partial charge in [-0.1, -0.05) is 19.8 Å². The van der Waals surface area contributed by atoms with Crippen molar-refractivity contribution < 1.29 is 9.18 Å². The lowest BCUT2D eigenvalue weighted by Crippen LogP contribution is -2.28. The van der Waals surface area contributed by atoms with Crippen molar-refractivity contribution >= 4 is 11.6 Å². The Hall–Kier alpha value is -1.58. The van der Waals surface area contributed by atoms with Crippen molar-refractivity contribution in [2.75, 3.05) is 19.3 Å². The summed E-state index contributed by atoms with van der Waals surface area (Å²) in [5.74, 6) is -0.664. The fourth-order valence-electron chi connectivity index (χ4n) is 1.62. The van der Waals surface area contributed by atoms with E-state index < -0.39 is 5.82 Å². The first kappa shape index (κ1) is 13.5. The number of hydrogen-bond donors (Lipinski definition) is 1. The average molecular weight is 238 g/mol. The van der Waals surface area contributed by atoms with Crippen molar-refractivity contribution in [1.82, 2.24) is 4.90 Å². The van der Waals surface area contributed by atoms with E-state index in [0.29, 0.717) is 12.2 Å². The van der Waals surface area contributed by atoms with Crippen LogP contribution in [-0.4, -0.2) is 24.4 Å². The topological polar surface area (TPSA) is 46.3 Å². The zero-order valence-corrected chi connectivity index (χ0v) is 10.4. The normalized spacial score (nSPS) is 10.3. The lowest BCUT2D eigenvalue weighted by Gasteiger charge is -2.18. The van der Waals surface area contributed by atoms with Gasteiger partial charge in [-0.25, -0.2) is 4.39 Å². The van der Waals surface area contributed by atoms with Gasteiger partial charge in [0.1, 0.15) is 5.82 Å². The van der Waals surface area contributed by atoms with E-state index in [1.165, 1.54) is 18.2 Å². The Bertz CT molecular complexity index is 393. The van der Waals surface area contributed by atoms with Crippen molar-refractivity contribution in [3.05, 3.63) is 29.6 Å². The molecule has 1 aromatic carbocycles. The minimum atomic E-state index is -0.440. The molecule has 0 aliphatic carbocycles. The molecule has 1 aromatic rings. The van der Waals surface area contributed by atoms with Crippen LogP contribution in [-0.2, 0) is 0 Å². The van der Waals surface area contributed by atoms with Crippen molar-refractivity contribution in [1.29, 1.82) is 0 Å². The molecule has 4 heteroatoms. The summed E-state index contributed by atoms with van der Waals surface area (Å²) < 4.78 is 13.1. The molecule has 0 heterocycles. The summed E-state index contributed by atoms with van der Waals surface area (Å²) in [7, 11) is 1.71. The van der Waals surface area contributed by atoms with Gasteiger partial charge < -0.3 is 10.6 Å². The second-order valence-corrected chi connectivity index (χ2v) is 4.17. The number of benzene rings is 1. The molecule has 3 nitrogen and oxygen atoms in total. The zero-order chi connectivity index (χ0) is 12.8. The van der Waals surface area contributed by atoms with E-state index in [2.05, 4.69) is 6.92 Å². The number of amides is 1. The van der Waals surface area contributed by atoms with Gasteiger partial charge in [0.2, 0.25) is 0 Å². The largest absolute Gasteiger partial charge is 0.398 e. The Morgan fingerprint density at radius 3 is 2.76 bits per heavy atom. The predicted octanol–water partition coefficient (Wildman–Crippen LogP) is 2.67. The molecule has 0 aromatic heterocycles. The van der Waals surface area contributed by atoms with Crippen molar-refractivity contribution in [2.45, 2.75) is 26.2 Å². The SMILES string of the molecule is CCCCCN(C)C(=O)c1cc(F)ccc1N. The van der Waals surface area contributed by atoms with E-state index in [1.807, 2.05) is 0 Å². The Morgan fingerprint density at radius 1 is 1.41 bits per heavy atom. The molecule has 2 N–H and O–H groups in total. The fraction of sp³-hybridized carbons (Fsp3) is 0.462. The lowest BCUT2D eigenvalue weighted by atomic mass is 10.1. The summed E-state index contributed by atoms with van der Waals surface area (Å²) in [6.07, 6.45) is 3.13. The van der Waals surface area contributed by atoms with E-state index in [4.69, 9.17) is 5.73 Å². The Morgan fingerprint density at radius 2 is 2.12 bits per heavy atom. The minimum absolute atomic E-state index is 0.224. The van der Waals surface area contributed by atoms with Gasteiger partial charge >= 0.3 is 0 Å². The predicted molar refractivity (Wildman–Crippen MR) is 67.3 cm³/mol. The minimum Gasteiger partial charge on any atom is -0.398 e. The first-order valence-electron chi connectivity index (χ1n) is 5.86. The van der Waals surface area contributed by atoms with E-state index in [0.717, 1.165) is 19.3 Å². The Balaban J connectivity index is 2.71. The van der Waals surface area contributed by atoms with Gasteiger partial charge in [-0.2, -0.15) is 0 Å². The van der Waals surface area contributed by atoms with Crippen LogP contribution in [0.1, 0.15) is 36.5 Å². The van der Waals surface area contributed by atoms with Crippen LogP contribution in [0.3, 0.4) is 0 Å². The molecule has 0 fully saturated rings. The molecule has 0 unspecified atom stereocenters. The van der Waals surface area contributed by atoms with Crippen LogP contribution in [0.15, 0.2) is 18.2 Å². The molecule has 94 valence electrons. The van der Waals surface area contributed by atoms with Gasteiger partial charge in [0, 0.05) is 19.3 Å². The number of carbonyl (C=O) groups excluding carboxylic acids is 1. The smallest absolute Gasteiger partial charge is 0.255 e. The molecule has 0 bridgehead atoms. The molecule has 0 aliphatic heterocycles. The zero-order valence-electron chi connectivity index (χ0n) is 10.4. The summed E-state index contributed by atoms with van der Waals surface area (Å²) in [6, 6.07) is 3.86. The van der Waals surface area contributed by atoms with Crippen LogP contribution >= 0.6 is 0 Å². The van der Waals surface area contributed by atoms with E-state index >= 15 is 0 Å². The molecule has 0 atom stereocenters. The molecule has 0 spiro atoms. The highest BCUT2D eigenvalue weighted by Crippen LogP contribution is 2.15. The number of unbranched alkanes of at least 4 members (excludes halogenated alkanes) is 2. The summed E-state index contributed by atoms with van der Waals surface area (Å²) in [5.41, 5.74) is 6.23. The highest BCUT2D eigenvalue weighted by molar-refractivity contribution is 5.98. The van der Waals surface area contributed by atoms with Gasteiger partial charge in [0.15, 0.2) is 0 Å². The third-order valence-electron chi connectivity index (χ3n) is 2.69. The Labute approximate surface area is 101 Å². The van der Waals surface area contributed by atoms with Crippen LogP contribution < -0.4 is 5.73 Å². The van der Waals surface area contributed by atoms with Crippen LogP contribution in [0.25, 0.3) is 0 Å². The summed E-state index contributed by atoms with van der Waals surface area (Å²) in [5, 5.41) is 0. The van der Waals surface area contributed by atoms with Gasteiger partial charge in [-0.3, -0.25) is 4.79 Å². The fourth-order valence-corrected chi connectivity index (χ4v) is 1.62. The molecular formula is C13H19FN2O. The first-order chi connectivity index (χ1) is 8.06. The van der Waals surface area contributed by atoms with Gasteiger partial charge in [-0.05, 0) is 24.6 Å². The molecule has 1 rings (SSSR count). The van der Waals surface area contributed by atoms with Gasteiger partial charge in [0.25, 0.3) is 5.91 Å². The highest BCUT2D eigenvalue weighted by atomic mass is 19.1. The molecule has 1 amide bonds. The van der Waals surface area contributed by atoms with Gasteiger partial charge in [-0.15, -0.1) is 0 Å². The molecule has 0 saturated heterocycles. The molecular weight excluding hydrogens is 219 g/mol. The number of rotatable bonds is 5. The third kappa shape index (κ3) is 3.73. The number of anilines is 1. The number of carbonyl (C=O) groups is 1. The van der Waals surface area contributed by atoms with Crippen molar-refractivity contribution in [3.8, 4) is 0 Å². The molecule has 0 saturated carbocycles. The number of hydrogen-bond acceptors (Lipinski definition) is 2. The quantitative estimate of drug-likeness (QED) is 0.633. The van der Waals surface area contributed by atoms with E-state index in [9.17, 15) is 9.18 Å². The maximum Gasteiger partial charge on any atom is 0.255 e. The van der Waals surface area contributed by atoms with E-state index in [-0.39, 0.29) is 11.5 Å². The van der Waals surface area contributed by atoms with Crippen LogP contribution in [0.2, 0.25) is 0 Å². The highest BCUT2D eigenvalue weighted by Gasteiger charge is 2.14. The van der Waals surface area contributed by atoms with Crippen molar-refractivity contribution in [3.63, 3.8) is 0 Å². The third-order valence-corrected chi connectivity index (χ3v) is 2.69. The number of nitrogens with two attached hydrogens (primary N) is 1. The lowest BCUT2D eigenvalue weighted by molar-refractivity contribution is 0.0793. The van der Waals surface area contributed by atoms with Gasteiger partial charge in [0.05, 0.1) is 5.56 Å². The van der Waals surface area contributed by atoms with Crippen molar-refractivity contribution in [2.24, 2.45) is 0 Å². The molecule has 17 heavy (non-hydrogen) atoms. The average Bonchev–Trinajstić information content (AvgIpc) is 2.31. The van der Waals surface area contributed by atoms with E-state index in [1.54, 1.807) is 11.9 Å². The number of nitrogen functional groups attached to an aromatic ring is 1. The number of halogens is 1. The van der Waals surface area contributed by atoms with Crippen LogP contribution in [0.5, 0.6) is 0 Å². The van der Waals surface area contributed by atoms with Crippen LogP contribution in [0.4, 0.5) is 10.1 Å². The standard InChI is InChI=1S/C13H19FN2O/c1-3-4-5-8-16(2)13(17)11-9-10(14)6-7-12(11)15/h6-7,9H,3-5,8,15H2,1-2H3. The summed E-state index contributed by atoms with van der Waals surface area (Å²) >= 11 is 0. The maximum absolute atomic E-state index is 13.1. The second-order valence-electron chi connectivity index (χ2n) is 4.17. The summed E-state index contributed by atoms with van der Waals surface area (Å²) in [4.78, 5) is 13.6. The second kappa shape index (κ2) is 6.23. The summed E-state index contributed by atoms with van der Waals surface area (Å²) in [6.45, 7) is 2.77. The first-order valence-corrected chi connectivity index (χ1v) is 5.86. The van der Waals surface area contributed by atoms with Crippen LogP contribution in [0, 0.1) is 5.82 Å². The monoisotopic (exact) mass is 238 g/mol. The Kier molecular flexibility index (Phi) is 4.94. The number of nitrogens with zero attached hydrogens (tertiary/aromatic N) is 1.